The van der Waals surface area contributed by atoms with Gasteiger partial charge in [-0.15, -0.1) is 0 Å². The first kappa shape index (κ1) is 18.8. The van der Waals surface area contributed by atoms with Crippen LogP contribution in [-0.4, -0.2) is 39.0 Å². The second-order valence-electron chi connectivity index (χ2n) is 7.24. The van der Waals surface area contributed by atoms with Gasteiger partial charge >= 0.3 is 0 Å². The highest BCUT2D eigenvalue weighted by Gasteiger charge is 2.09. The van der Waals surface area contributed by atoms with Crippen LogP contribution in [0.15, 0.2) is 59.6 Å². The van der Waals surface area contributed by atoms with Crippen molar-refractivity contribution in [1.82, 2.24) is 4.57 Å². The number of anilines is 2. The van der Waals surface area contributed by atoms with Gasteiger partial charge in [0, 0.05) is 68.4 Å². The Hall–Kier alpha value is -3.01. The fraction of sp³-hybridized carbons (Fsp3) is 0.261. The van der Waals surface area contributed by atoms with Crippen molar-refractivity contribution in [3.63, 3.8) is 0 Å². The standard InChI is InChI=1S/C23H28N4/c1-17-15-19(16-24-20-7-9-21(10-8-20)25(3)4)18(2)27(17)23-13-11-22(12-14-23)26(5)6/h7-16H,1-6H3. The maximum atomic E-state index is 4.66. The van der Waals surface area contributed by atoms with Crippen molar-refractivity contribution in [2.24, 2.45) is 4.99 Å². The molecule has 0 radical (unpaired) electrons. The van der Waals surface area contributed by atoms with Crippen molar-refractivity contribution in [2.45, 2.75) is 13.8 Å². The molecule has 27 heavy (non-hydrogen) atoms. The zero-order valence-corrected chi connectivity index (χ0v) is 17.1. The van der Waals surface area contributed by atoms with Gasteiger partial charge in [0.2, 0.25) is 0 Å². The number of rotatable bonds is 5. The summed E-state index contributed by atoms with van der Waals surface area (Å²) in [5, 5.41) is 0. The summed E-state index contributed by atoms with van der Waals surface area (Å²) in [7, 11) is 8.19. The number of hydrogen-bond donors (Lipinski definition) is 0. The molecule has 0 saturated heterocycles. The molecular weight excluding hydrogens is 332 g/mol. The summed E-state index contributed by atoms with van der Waals surface area (Å²) >= 11 is 0. The van der Waals surface area contributed by atoms with E-state index >= 15 is 0 Å². The fourth-order valence-electron chi connectivity index (χ4n) is 3.20. The largest absolute Gasteiger partial charge is 0.378 e. The Balaban J connectivity index is 1.87. The molecule has 2 aromatic carbocycles. The lowest BCUT2D eigenvalue weighted by atomic mass is 10.2. The quantitative estimate of drug-likeness (QED) is 0.599. The zero-order chi connectivity index (χ0) is 19.6. The molecule has 0 N–H and O–H groups in total. The van der Waals surface area contributed by atoms with Crippen LogP contribution < -0.4 is 9.80 Å². The van der Waals surface area contributed by atoms with Crippen LogP contribution in [0.25, 0.3) is 5.69 Å². The summed E-state index contributed by atoms with van der Waals surface area (Å²) in [6, 6.07) is 19.1. The first-order chi connectivity index (χ1) is 12.9. The average Bonchev–Trinajstić information content (AvgIpc) is 2.94. The van der Waals surface area contributed by atoms with Gasteiger partial charge in [-0.25, -0.2) is 0 Å². The molecule has 4 nitrogen and oxygen atoms in total. The van der Waals surface area contributed by atoms with Crippen LogP contribution in [-0.2, 0) is 0 Å². The van der Waals surface area contributed by atoms with Crippen molar-refractivity contribution >= 4 is 23.3 Å². The molecule has 0 fully saturated rings. The summed E-state index contributed by atoms with van der Waals surface area (Å²) in [6.07, 6.45) is 1.96. The van der Waals surface area contributed by atoms with Gasteiger partial charge in [0.25, 0.3) is 0 Å². The van der Waals surface area contributed by atoms with Crippen molar-refractivity contribution in [3.05, 3.63) is 71.5 Å². The van der Waals surface area contributed by atoms with Crippen LogP contribution in [0.5, 0.6) is 0 Å². The molecular formula is C23H28N4. The van der Waals surface area contributed by atoms with E-state index in [1.165, 1.54) is 28.5 Å². The second-order valence-corrected chi connectivity index (χ2v) is 7.24. The van der Waals surface area contributed by atoms with Crippen LogP contribution in [0.1, 0.15) is 17.0 Å². The highest BCUT2D eigenvalue weighted by atomic mass is 15.1. The van der Waals surface area contributed by atoms with Gasteiger partial charge in [0.15, 0.2) is 0 Å². The van der Waals surface area contributed by atoms with Gasteiger partial charge in [-0.3, -0.25) is 4.99 Å². The summed E-state index contributed by atoms with van der Waals surface area (Å²) in [6.45, 7) is 4.28. The Morgan fingerprint density at radius 2 is 1.30 bits per heavy atom. The van der Waals surface area contributed by atoms with E-state index in [2.05, 4.69) is 89.8 Å². The minimum absolute atomic E-state index is 0.959. The van der Waals surface area contributed by atoms with E-state index in [1.54, 1.807) is 0 Å². The Morgan fingerprint density at radius 3 is 1.81 bits per heavy atom. The summed E-state index contributed by atoms with van der Waals surface area (Å²) in [5.74, 6) is 0. The van der Waals surface area contributed by atoms with E-state index in [1.807, 2.05) is 32.4 Å². The normalized spacial score (nSPS) is 11.2. The van der Waals surface area contributed by atoms with E-state index < -0.39 is 0 Å². The number of benzene rings is 2. The molecule has 1 heterocycles. The minimum atomic E-state index is 0.959. The van der Waals surface area contributed by atoms with E-state index in [9.17, 15) is 0 Å². The molecule has 0 aliphatic carbocycles. The van der Waals surface area contributed by atoms with Crippen LogP contribution in [0.2, 0.25) is 0 Å². The molecule has 1 aromatic heterocycles. The molecule has 3 aromatic rings. The van der Waals surface area contributed by atoms with E-state index in [0.717, 1.165) is 11.3 Å². The summed E-state index contributed by atoms with van der Waals surface area (Å²) in [5.41, 5.74) is 8.04. The van der Waals surface area contributed by atoms with Crippen LogP contribution in [0.3, 0.4) is 0 Å². The van der Waals surface area contributed by atoms with Gasteiger partial charge in [0.05, 0.1) is 5.69 Å². The molecule has 0 spiro atoms. The molecule has 0 aliphatic rings. The second kappa shape index (κ2) is 7.70. The Morgan fingerprint density at radius 1 is 0.778 bits per heavy atom. The number of aromatic nitrogens is 1. The van der Waals surface area contributed by atoms with Gasteiger partial charge in [-0.05, 0) is 68.4 Å². The Labute approximate surface area is 162 Å². The van der Waals surface area contributed by atoms with Gasteiger partial charge < -0.3 is 14.4 Å². The summed E-state index contributed by atoms with van der Waals surface area (Å²) < 4.78 is 2.27. The predicted octanol–water partition coefficient (Wildman–Crippen LogP) is 4.98. The maximum absolute atomic E-state index is 4.66. The molecule has 0 bridgehead atoms. The van der Waals surface area contributed by atoms with Gasteiger partial charge in [-0.1, -0.05) is 0 Å². The van der Waals surface area contributed by atoms with Crippen LogP contribution in [0.4, 0.5) is 17.1 Å². The number of aliphatic imine (C=N–C) groups is 1. The van der Waals surface area contributed by atoms with E-state index in [0.29, 0.717) is 0 Å². The van der Waals surface area contributed by atoms with Crippen LogP contribution >= 0.6 is 0 Å². The summed E-state index contributed by atoms with van der Waals surface area (Å²) in [4.78, 5) is 8.86. The lowest BCUT2D eigenvalue weighted by molar-refractivity contribution is 0.963. The van der Waals surface area contributed by atoms with E-state index in [-0.39, 0.29) is 0 Å². The van der Waals surface area contributed by atoms with Crippen molar-refractivity contribution in [2.75, 3.05) is 38.0 Å². The lowest BCUT2D eigenvalue weighted by Crippen LogP contribution is -2.08. The molecule has 0 amide bonds. The average molecular weight is 361 g/mol. The lowest BCUT2D eigenvalue weighted by Gasteiger charge is -2.14. The Bertz CT molecular complexity index is 930. The molecule has 140 valence electrons. The third kappa shape index (κ3) is 4.05. The minimum Gasteiger partial charge on any atom is -0.378 e. The van der Waals surface area contributed by atoms with Crippen molar-refractivity contribution < 1.29 is 0 Å². The maximum Gasteiger partial charge on any atom is 0.0631 e. The highest BCUT2D eigenvalue weighted by Crippen LogP contribution is 2.23. The number of aryl methyl sites for hydroxylation is 1. The molecule has 0 unspecified atom stereocenters. The molecule has 0 atom stereocenters. The Kier molecular flexibility index (Phi) is 5.36. The number of hydrogen-bond acceptors (Lipinski definition) is 3. The first-order valence-corrected chi connectivity index (χ1v) is 9.15. The molecule has 0 aliphatic heterocycles. The van der Waals surface area contributed by atoms with Crippen LogP contribution in [0, 0.1) is 13.8 Å². The van der Waals surface area contributed by atoms with Gasteiger partial charge in [-0.2, -0.15) is 0 Å². The molecule has 0 saturated carbocycles. The molecule has 4 heteroatoms. The monoisotopic (exact) mass is 360 g/mol. The van der Waals surface area contributed by atoms with Crippen molar-refractivity contribution in [3.8, 4) is 5.69 Å². The molecule has 3 rings (SSSR count). The fourth-order valence-corrected chi connectivity index (χ4v) is 3.20. The SMILES string of the molecule is Cc1cc(C=Nc2ccc(N(C)C)cc2)c(C)n1-c1ccc(N(C)C)cc1. The third-order valence-corrected chi connectivity index (χ3v) is 4.81. The van der Waals surface area contributed by atoms with E-state index in [4.69, 9.17) is 0 Å². The van der Waals surface area contributed by atoms with Gasteiger partial charge in [0.1, 0.15) is 0 Å². The zero-order valence-electron chi connectivity index (χ0n) is 17.1. The topological polar surface area (TPSA) is 23.8 Å². The number of nitrogens with zero attached hydrogens (tertiary/aromatic N) is 4. The first-order valence-electron chi connectivity index (χ1n) is 9.15. The van der Waals surface area contributed by atoms with Crippen molar-refractivity contribution in [1.29, 1.82) is 0 Å². The third-order valence-electron chi connectivity index (χ3n) is 4.81. The highest BCUT2D eigenvalue weighted by molar-refractivity contribution is 5.84. The predicted molar refractivity (Wildman–Crippen MR) is 118 cm³/mol. The smallest absolute Gasteiger partial charge is 0.0631 e.